The standard InChI is InChI=1S/C27H31Cl3N2O/c1-16-25-24(17-7-9-18(28)10-8-17)22(21-12-11-19(29)15-23(21)30)13-14-27(25,26(33)32(16)2)31-20-5-3-4-6-20/h7-12,15-16,20,22,24-25,31H,3-6,13-14H2,1-2H3/t16-,22+,24+,25+,27+/m1/s1. The highest BCUT2D eigenvalue weighted by Crippen LogP contribution is 2.57. The number of hydrogen-bond acceptors (Lipinski definition) is 2. The third kappa shape index (κ3) is 3.99. The van der Waals surface area contributed by atoms with Crippen molar-refractivity contribution < 1.29 is 4.79 Å². The molecule has 1 saturated heterocycles. The Balaban J connectivity index is 1.64. The van der Waals surface area contributed by atoms with Crippen molar-refractivity contribution in [2.24, 2.45) is 5.92 Å². The number of amides is 1. The fourth-order valence-electron chi connectivity index (χ4n) is 6.93. The quantitative estimate of drug-likeness (QED) is 0.482. The van der Waals surface area contributed by atoms with Crippen LogP contribution in [0.2, 0.25) is 15.1 Å². The molecular weight excluding hydrogens is 475 g/mol. The number of likely N-dealkylation sites (tertiary alicyclic amines) is 1. The average molecular weight is 506 g/mol. The van der Waals surface area contributed by atoms with Crippen LogP contribution in [0.3, 0.4) is 0 Å². The van der Waals surface area contributed by atoms with Crippen molar-refractivity contribution >= 4 is 40.7 Å². The van der Waals surface area contributed by atoms with Crippen molar-refractivity contribution in [1.82, 2.24) is 10.2 Å². The number of nitrogens with zero attached hydrogens (tertiary/aromatic N) is 1. The molecular formula is C27H31Cl3N2O. The van der Waals surface area contributed by atoms with Crippen molar-refractivity contribution in [3.05, 3.63) is 68.7 Å². The Hall–Kier alpha value is -1.26. The van der Waals surface area contributed by atoms with Crippen molar-refractivity contribution in [1.29, 1.82) is 0 Å². The molecule has 2 aliphatic carbocycles. The Morgan fingerprint density at radius 2 is 1.64 bits per heavy atom. The van der Waals surface area contributed by atoms with Gasteiger partial charge in [0.05, 0.1) is 0 Å². The molecule has 3 fully saturated rings. The highest BCUT2D eigenvalue weighted by Gasteiger charge is 2.63. The highest BCUT2D eigenvalue weighted by atomic mass is 35.5. The smallest absolute Gasteiger partial charge is 0.243 e. The van der Waals surface area contributed by atoms with Crippen LogP contribution in [-0.2, 0) is 4.79 Å². The van der Waals surface area contributed by atoms with Gasteiger partial charge >= 0.3 is 0 Å². The molecule has 0 radical (unpaired) electrons. The summed E-state index contributed by atoms with van der Waals surface area (Å²) in [6, 6.07) is 14.5. The van der Waals surface area contributed by atoms with Crippen LogP contribution in [0.1, 0.15) is 68.4 Å². The summed E-state index contributed by atoms with van der Waals surface area (Å²) in [5, 5.41) is 6.00. The first-order valence-corrected chi connectivity index (χ1v) is 13.2. The van der Waals surface area contributed by atoms with Gasteiger partial charge in [-0.3, -0.25) is 4.79 Å². The summed E-state index contributed by atoms with van der Waals surface area (Å²) in [6.45, 7) is 2.20. The number of halogens is 3. The number of benzene rings is 2. The molecule has 3 nitrogen and oxygen atoms in total. The number of rotatable bonds is 4. The number of likely N-dealkylation sites (N-methyl/N-ethyl adjacent to an activating group) is 1. The largest absolute Gasteiger partial charge is 0.341 e. The van der Waals surface area contributed by atoms with E-state index in [9.17, 15) is 4.79 Å². The summed E-state index contributed by atoms with van der Waals surface area (Å²) < 4.78 is 0. The third-order valence-electron chi connectivity index (χ3n) is 8.51. The number of hydrogen-bond donors (Lipinski definition) is 1. The lowest BCUT2D eigenvalue weighted by atomic mass is 9.58. The Morgan fingerprint density at radius 1 is 0.970 bits per heavy atom. The van der Waals surface area contributed by atoms with Crippen LogP contribution in [-0.4, -0.2) is 35.5 Å². The zero-order valence-corrected chi connectivity index (χ0v) is 21.4. The second-order valence-corrected chi connectivity index (χ2v) is 11.4. The molecule has 1 heterocycles. The van der Waals surface area contributed by atoms with E-state index in [4.69, 9.17) is 34.8 Å². The molecule has 2 aromatic carbocycles. The summed E-state index contributed by atoms with van der Waals surface area (Å²) in [5.41, 5.74) is 1.79. The van der Waals surface area contributed by atoms with Gasteiger partial charge in [-0.05, 0) is 79.8 Å². The first kappa shape index (κ1) is 23.5. The monoisotopic (exact) mass is 504 g/mol. The normalized spacial score (nSPS) is 32.4. The van der Waals surface area contributed by atoms with E-state index in [1.54, 1.807) is 0 Å². The lowest BCUT2D eigenvalue weighted by Gasteiger charge is -2.49. The number of fused-ring (bicyclic) bond motifs is 1. The van der Waals surface area contributed by atoms with Crippen LogP contribution in [0, 0.1) is 5.92 Å². The van der Waals surface area contributed by atoms with E-state index in [0.717, 1.165) is 36.3 Å². The average Bonchev–Trinajstić information content (AvgIpc) is 3.36. The van der Waals surface area contributed by atoms with Gasteiger partial charge < -0.3 is 10.2 Å². The first-order chi connectivity index (χ1) is 15.8. The molecule has 6 heteroatoms. The maximum Gasteiger partial charge on any atom is 0.243 e. The van der Waals surface area contributed by atoms with Crippen molar-refractivity contribution in [2.75, 3.05) is 7.05 Å². The summed E-state index contributed by atoms with van der Waals surface area (Å²) in [4.78, 5) is 15.8. The number of nitrogens with one attached hydrogen (secondary N) is 1. The fraction of sp³-hybridized carbons (Fsp3) is 0.519. The molecule has 1 aliphatic heterocycles. The zero-order chi connectivity index (χ0) is 23.3. The number of carbonyl (C=O) groups is 1. The summed E-state index contributed by atoms with van der Waals surface area (Å²) in [5.74, 6) is 0.697. The van der Waals surface area contributed by atoms with Gasteiger partial charge in [-0.15, -0.1) is 0 Å². The van der Waals surface area contributed by atoms with Crippen LogP contribution in [0.25, 0.3) is 0 Å². The predicted octanol–water partition coefficient (Wildman–Crippen LogP) is 7.06. The van der Waals surface area contributed by atoms with Gasteiger partial charge in [0, 0.05) is 40.1 Å². The Morgan fingerprint density at radius 3 is 2.30 bits per heavy atom. The second-order valence-electron chi connectivity index (χ2n) is 10.2. The highest BCUT2D eigenvalue weighted by molar-refractivity contribution is 6.35. The number of carbonyl (C=O) groups excluding carboxylic acids is 1. The van der Waals surface area contributed by atoms with Crippen LogP contribution in [0.15, 0.2) is 42.5 Å². The maximum absolute atomic E-state index is 13.8. The third-order valence-corrected chi connectivity index (χ3v) is 9.32. The molecule has 0 aromatic heterocycles. The molecule has 1 N–H and O–H groups in total. The van der Waals surface area contributed by atoms with Crippen molar-refractivity contribution in [3.63, 3.8) is 0 Å². The van der Waals surface area contributed by atoms with Crippen LogP contribution < -0.4 is 5.32 Å². The van der Waals surface area contributed by atoms with Crippen LogP contribution in [0.4, 0.5) is 0 Å². The molecule has 5 atom stereocenters. The molecule has 0 spiro atoms. The van der Waals surface area contributed by atoms with Gasteiger partial charge in [-0.25, -0.2) is 0 Å². The molecule has 33 heavy (non-hydrogen) atoms. The molecule has 2 aromatic rings. The SMILES string of the molecule is C[C@@H]1[C@H]2[C@@H](c3ccc(Cl)cc3)[C@H](c3ccc(Cl)cc3Cl)CC[C@@]2(NC2CCCC2)C(=O)N1C. The van der Waals surface area contributed by atoms with Gasteiger partial charge in [-0.2, -0.15) is 0 Å². The molecule has 2 saturated carbocycles. The Kier molecular flexibility index (Phi) is 6.46. The van der Waals surface area contributed by atoms with E-state index in [1.807, 2.05) is 36.2 Å². The van der Waals surface area contributed by atoms with E-state index < -0.39 is 5.54 Å². The summed E-state index contributed by atoms with van der Waals surface area (Å²) in [7, 11) is 1.96. The lowest BCUT2D eigenvalue weighted by Crippen LogP contribution is -2.61. The van der Waals surface area contributed by atoms with Crippen LogP contribution in [0.5, 0.6) is 0 Å². The zero-order valence-electron chi connectivity index (χ0n) is 19.2. The minimum atomic E-state index is -0.539. The van der Waals surface area contributed by atoms with Gasteiger partial charge in [-0.1, -0.05) is 65.8 Å². The molecule has 176 valence electrons. The van der Waals surface area contributed by atoms with E-state index >= 15 is 0 Å². The molecule has 0 bridgehead atoms. The van der Waals surface area contributed by atoms with Crippen molar-refractivity contribution in [2.45, 2.75) is 74.9 Å². The maximum atomic E-state index is 13.8. The van der Waals surface area contributed by atoms with E-state index in [0.29, 0.717) is 16.1 Å². The minimum Gasteiger partial charge on any atom is -0.341 e. The fourth-order valence-corrected chi connectivity index (χ4v) is 7.60. The topological polar surface area (TPSA) is 32.3 Å². The van der Waals surface area contributed by atoms with Gasteiger partial charge in [0.1, 0.15) is 5.54 Å². The van der Waals surface area contributed by atoms with E-state index in [2.05, 4.69) is 30.4 Å². The van der Waals surface area contributed by atoms with E-state index in [-0.39, 0.29) is 29.7 Å². The van der Waals surface area contributed by atoms with E-state index in [1.165, 1.54) is 18.4 Å². The minimum absolute atomic E-state index is 0.112. The van der Waals surface area contributed by atoms with Crippen molar-refractivity contribution in [3.8, 4) is 0 Å². The molecule has 1 amide bonds. The van der Waals surface area contributed by atoms with Gasteiger partial charge in [0.25, 0.3) is 0 Å². The summed E-state index contributed by atoms with van der Waals surface area (Å²) in [6.07, 6.45) is 6.48. The lowest BCUT2D eigenvalue weighted by molar-refractivity contribution is -0.134. The predicted molar refractivity (Wildman–Crippen MR) is 136 cm³/mol. The van der Waals surface area contributed by atoms with Gasteiger partial charge in [0.2, 0.25) is 5.91 Å². The molecule has 0 unspecified atom stereocenters. The summed E-state index contributed by atoms with van der Waals surface area (Å²) >= 11 is 19.2. The molecule has 5 rings (SSSR count). The van der Waals surface area contributed by atoms with Gasteiger partial charge in [0.15, 0.2) is 0 Å². The Labute approximate surface area is 211 Å². The first-order valence-electron chi connectivity index (χ1n) is 12.1. The second kappa shape index (κ2) is 9.07. The van der Waals surface area contributed by atoms with Crippen LogP contribution >= 0.6 is 34.8 Å². The Bertz CT molecular complexity index is 1040. The molecule has 3 aliphatic rings.